The van der Waals surface area contributed by atoms with Crippen molar-refractivity contribution in [2.45, 2.75) is 57.1 Å². The van der Waals surface area contributed by atoms with Crippen molar-refractivity contribution < 1.29 is 37.0 Å². The van der Waals surface area contributed by atoms with Gasteiger partial charge in [0, 0.05) is 23.4 Å². The van der Waals surface area contributed by atoms with Gasteiger partial charge in [-0.2, -0.15) is 0 Å². The number of rotatable bonds is 8. The molecule has 0 aliphatic heterocycles. The lowest BCUT2D eigenvalue weighted by molar-refractivity contribution is -0.346. The van der Waals surface area contributed by atoms with Crippen LogP contribution in [-0.2, 0) is 19.0 Å². The first-order valence-electron chi connectivity index (χ1n) is 11.5. The van der Waals surface area contributed by atoms with Gasteiger partial charge in [0.1, 0.15) is 6.10 Å². The Morgan fingerprint density at radius 1 is 1.00 bits per heavy atom. The first-order valence-corrected chi connectivity index (χ1v) is 11.5. The van der Waals surface area contributed by atoms with E-state index in [9.17, 15) is 22.8 Å². The van der Waals surface area contributed by atoms with Crippen LogP contribution in [-0.4, -0.2) is 37.1 Å². The average Bonchev–Trinajstić information content (AvgIpc) is 2.81. The highest BCUT2D eigenvalue weighted by molar-refractivity contribution is 5.90. The van der Waals surface area contributed by atoms with E-state index in [4.69, 9.17) is 20.9 Å². The summed E-state index contributed by atoms with van der Waals surface area (Å²) in [7, 11) is 0. The summed E-state index contributed by atoms with van der Waals surface area (Å²) in [6.07, 6.45) is -2.22. The van der Waals surface area contributed by atoms with E-state index in [2.05, 4.69) is 4.74 Å². The Kier molecular flexibility index (Phi) is 8.98. The highest BCUT2D eigenvalue weighted by Crippen LogP contribution is 2.29. The molecule has 4 N–H and O–H groups in total. The summed E-state index contributed by atoms with van der Waals surface area (Å²) in [5, 5.41) is 0. The van der Waals surface area contributed by atoms with Crippen molar-refractivity contribution in [2.24, 2.45) is 0 Å². The van der Waals surface area contributed by atoms with Crippen molar-refractivity contribution in [3.05, 3.63) is 65.2 Å². The van der Waals surface area contributed by atoms with Gasteiger partial charge in [-0.25, -0.2) is 9.59 Å². The number of esters is 2. The first-order chi connectivity index (χ1) is 17.0. The summed E-state index contributed by atoms with van der Waals surface area (Å²) >= 11 is 0. The molecule has 36 heavy (non-hydrogen) atoms. The van der Waals surface area contributed by atoms with E-state index in [-0.39, 0.29) is 25.4 Å². The predicted octanol–water partition coefficient (Wildman–Crippen LogP) is 5.22. The Morgan fingerprint density at radius 2 is 1.58 bits per heavy atom. The van der Waals surface area contributed by atoms with Crippen molar-refractivity contribution in [1.29, 1.82) is 0 Å². The van der Waals surface area contributed by atoms with Crippen LogP contribution in [0.2, 0.25) is 0 Å². The minimum atomic E-state index is -4.66. The topological polar surface area (TPSA) is 114 Å². The Morgan fingerprint density at radius 3 is 2.17 bits per heavy atom. The molecule has 7 nitrogen and oxygen atoms in total. The number of ether oxygens (including phenoxy) is 3. The lowest BCUT2D eigenvalue weighted by Gasteiger charge is -2.28. The summed E-state index contributed by atoms with van der Waals surface area (Å²) in [5.41, 5.74) is 14.5. The van der Waals surface area contributed by atoms with Crippen LogP contribution in [0.3, 0.4) is 0 Å². The standard InChI is InChI=1S/C26H29F3N2O5/c1-16(19-12-20(30)14-21(31)13-19)15-34-24(32)11-4-17-2-5-18(6-3-17)25(33)35-22-7-9-23(10-8-22)36-26(27,28)29/h2-6,11-14,16,22-23H,7-10,15,30-31H2,1H3/b11-4+. The number of alkyl halides is 3. The van der Waals surface area contributed by atoms with Gasteiger partial charge in [-0.1, -0.05) is 19.1 Å². The zero-order valence-corrected chi connectivity index (χ0v) is 19.8. The molecular formula is C26H29F3N2O5. The minimum absolute atomic E-state index is 0.0920. The largest absolute Gasteiger partial charge is 0.522 e. The van der Waals surface area contributed by atoms with E-state index in [1.54, 1.807) is 48.5 Å². The van der Waals surface area contributed by atoms with E-state index in [1.807, 2.05) is 6.92 Å². The first kappa shape index (κ1) is 27.1. The highest BCUT2D eigenvalue weighted by Gasteiger charge is 2.36. The predicted molar refractivity (Wildman–Crippen MR) is 129 cm³/mol. The molecule has 1 aliphatic rings. The summed E-state index contributed by atoms with van der Waals surface area (Å²) in [4.78, 5) is 24.4. The molecule has 1 fully saturated rings. The van der Waals surface area contributed by atoms with Crippen LogP contribution in [0.1, 0.15) is 60.0 Å². The number of hydrogen-bond acceptors (Lipinski definition) is 7. The number of nitrogens with two attached hydrogens (primary N) is 2. The Labute approximate surface area is 207 Å². The molecule has 10 heteroatoms. The smallest absolute Gasteiger partial charge is 0.462 e. The summed E-state index contributed by atoms with van der Waals surface area (Å²) in [6.45, 7) is 2.05. The van der Waals surface area contributed by atoms with Gasteiger partial charge >= 0.3 is 18.3 Å². The molecular weight excluding hydrogens is 477 g/mol. The van der Waals surface area contributed by atoms with Crippen molar-refractivity contribution in [3.8, 4) is 0 Å². The molecule has 0 spiro atoms. The fourth-order valence-electron chi connectivity index (χ4n) is 3.91. The van der Waals surface area contributed by atoms with Gasteiger partial charge in [-0.15, -0.1) is 13.2 Å². The molecule has 3 rings (SSSR count). The molecule has 0 saturated heterocycles. The normalized spacial score (nSPS) is 19.1. The minimum Gasteiger partial charge on any atom is -0.462 e. The van der Waals surface area contributed by atoms with Crippen LogP contribution in [0, 0.1) is 0 Å². The van der Waals surface area contributed by atoms with E-state index < -0.39 is 30.5 Å². The lowest BCUT2D eigenvalue weighted by Crippen LogP contribution is -2.31. The number of halogens is 3. The number of anilines is 2. The molecule has 2 aromatic carbocycles. The average molecular weight is 507 g/mol. The molecule has 0 radical (unpaired) electrons. The fraction of sp³-hybridized carbons (Fsp3) is 0.385. The molecule has 0 heterocycles. The molecule has 1 atom stereocenters. The van der Waals surface area contributed by atoms with Gasteiger partial charge in [-0.05, 0) is 73.2 Å². The van der Waals surface area contributed by atoms with Crippen LogP contribution in [0.4, 0.5) is 24.5 Å². The van der Waals surface area contributed by atoms with E-state index in [0.29, 0.717) is 35.3 Å². The van der Waals surface area contributed by atoms with E-state index in [1.165, 1.54) is 6.08 Å². The zero-order chi connectivity index (χ0) is 26.3. The summed E-state index contributed by atoms with van der Waals surface area (Å²) in [6, 6.07) is 11.6. The Balaban J connectivity index is 1.43. The van der Waals surface area contributed by atoms with Gasteiger partial charge < -0.3 is 20.9 Å². The molecule has 1 unspecified atom stereocenters. The van der Waals surface area contributed by atoms with Gasteiger partial charge in [0.25, 0.3) is 0 Å². The summed E-state index contributed by atoms with van der Waals surface area (Å²) < 4.78 is 51.7. The fourth-order valence-corrected chi connectivity index (χ4v) is 3.91. The van der Waals surface area contributed by atoms with Gasteiger partial charge in [0.2, 0.25) is 0 Å². The number of benzene rings is 2. The maximum atomic E-state index is 12.4. The second kappa shape index (κ2) is 11.9. The third-order valence-corrected chi connectivity index (χ3v) is 5.80. The Hall–Kier alpha value is -3.53. The lowest BCUT2D eigenvalue weighted by atomic mass is 9.95. The highest BCUT2D eigenvalue weighted by atomic mass is 19.4. The summed E-state index contributed by atoms with van der Waals surface area (Å²) in [5.74, 6) is -1.17. The van der Waals surface area contributed by atoms with Crippen LogP contribution in [0.5, 0.6) is 0 Å². The molecule has 194 valence electrons. The van der Waals surface area contributed by atoms with Crippen LogP contribution in [0.25, 0.3) is 6.08 Å². The van der Waals surface area contributed by atoms with E-state index >= 15 is 0 Å². The molecule has 2 aromatic rings. The van der Waals surface area contributed by atoms with Crippen molar-refractivity contribution >= 4 is 29.4 Å². The second-order valence-corrected chi connectivity index (χ2v) is 8.79. The molecule has 1 saturated carbocycles. The van der Waals surface area contributed by atoms with Crippen LogP contribution in [0.15, 0.2) is 48.5 Å². The third kappa shape index (κ3) is 8.60. The number of hydrogen-bond donors (Lipinski definition) is 2. The van der Waals surface area contributed by atoms with Gasteiger partial charge in [-0.3, -0.25) is 4.74 Å². The molecule has 0 amide bonds. The van der Waals surface area contributed by atoms with Gasteiger partial charge in [0.05, 0.1) is 18.3 Å². The van der Waals surface area contributed by atoms with Crippen LogP contribution < -0.4 is 11.5 Å². The number of nitrogen functional groups attached to an aromatic ring is 2. The van der Waals surface area contributed by atoms with Crippen molar-refractivity contribution in [1.82, 2.24) is 0 Å². The number of carbonyl (C=O) groups is 2. The second-order valence-electron chi connectivity index (χ2n) is 8.79. The van der Waals surface area contributed by atoms with E-state index in [0.717, 1.165) is 5.56 Å². The van der Waals surface area contributed by atoms with Crippen molar-refractivity contribution in [3.63, 3.8) is 0 Å². The maximum Gasteiger partial charge on any atom is 0.522 e. The van der Waals surface area contributed by atoms with Gasteiger partial charge in [0.15, 0.2) is 0 Å². The SMILES string of the molecule is CC(COC(=O)/C=C/c1ccc(C(=O)OC2CCC(OC(F)(F)F)CC2)cc1)c1cc(N)cc(N)c1. The Bertz CT molecular complexity index is 1060. The third-order valence-electron chi connectivity index (χ3n) is 5.80. The molecule has 0 aromatic heterocycles. The quantitative estimate of drug-likeness (QED) is 0.287. The molecule has 1 aliphatic carbocycles. The maximum absolute atomic E-state index is 12.4. The number of carbonyl (C=O) groups excluding carboxylic acids is 2. The van der Waals surface area contributed by atoms with Crippen LogP contribution >= 0.6 is 0 Å². The zero-order valence-electron chi connectivity index (χ0n) is 19.8. The monoisotopic (exact) mass is 506 g/mol. The van der Waals surface area contributed by atoms with Crippen molar-refractivity contribution in [2.75, 3.05) is 18.1 Å². The molecule has 0 bridgehead atoms.